The minimum atomic E-state index is -3.59. The van der Waals surface area contributed by atoms with Crippen molar-refractivity contribution in [3.05, 3.63) is 21.3 Å². The van der Waals surface area contributed by atoms with E-state index in [-0.39, 0.29) is 24.0 Å². The van der Waals surface area contributed by atoms with E-state index in [1.807, 2.05) is 0 Å². The van der Waals surface area contributed by atoms with E-state index in [2.05, 4.69) is 36.8 Å². The van der Waals surface area contributed by atoms with Crippen LogP contribution in [-0.4, -0.2) is 31.6 Å². The molecular formula is C10H9Br2ClN2O3S. The molecule has 1 amide bonds. The molecule has 0 radical (unpaired) electrons. The lowest BCUT2D eigenvalue weighted by molar-refractivity contribution is -0.117. The Kier molecular flexibility index (Phi) is 4.54. The highest BCUT2D eigenvalue weighted by Gasteiger charge is 2.33. The van der Waals surface area contributed by atoms with Crippen LogP contribution in [0.1, 0.15) is 6.42 Å². The monoisotopic (exact) mass is 430 g/mol. The Balaban J connectivity index is 2.18. The van der Waals surface area contributed by atoms with Gasteiger partial charge < -0.3 is 4.90 Å². The molecule has 104 valence electrons. The number of pyridine rings is 1. The second kappa shape index (κ2) is 5.67. The van der Waals surface area contributed by atoms with Gasteiger partial charge in [-0.2, -0.15) is 0 Å². The number of nitrogens with zero attached hydrogens (tertiary/aromatic N) is 2. The maximum atomic E-state index is 11.9. The minimum Gasteiger partial charge on any atom is -0.311 e. The van der Waals surface area contributed by atoms with Gasteiger partial charge in [0.25, 0.3) is 0 Å². The number of anilines is 1. The third kappa shape index (κ3) is 3.90. The number of hydrogen-bond donors (Lipinski definition) is 0. The second-order valence-corrected chi connectivity index (χ2v) is 8.67. The van der Waals surface area contributed by atoms with Crippen molar-refractivity contribution in [2.24, 2.45) is 5.92 Å². The van der Waals surface area contributed by atoms with Crippen LogP contribution in [0.15, 0.2) is 21.3 Å². The van der Waals surface area contributed by atoms with Crippen molar-refractivity contribution >= 4 is 63.2 Å². The van der Waals surface area contributed by atoms with E-state index >= 15 is 0 Å². The van der Waals surface area contributed by atoms with Crippen molar-refractivity contribution in [2.75, 3.05) is 17.2 Å². The fourth-order valence-corrected chi connectivity index (χ4v) is 3.86. The molecule has 0 aromatic carbocycles. The molecule has 1 unspecified atom stereocenters. The highest BCUT2D eigenvalue weighted by molar-refractivity contribution is 9.13. The summed E-state index contributed by atoms with van der Waals surface area (Å²) in [7, 11) is 1.63. The van der Waals surface area contributed by atoms with Gasteiger partial charge in [0.2, 0.25) is 15.0 Å². The number of hydrogen-bond acceptors (Lipinski definition) is 4. The molecule has 1 aliphatic heterocycles. The molecule has 0 saturated carbocycles. The zero-order valence-electron chi connectivity index (χ0n) is 9.51. The summed E-state index contributed by atoms with van der Waals surface area (Å²) in [6, 6.07) is 1.76. The van der Waals surface area contributed by atoms with E-state index in [0.717, 1.165) is 4.47 Å². The fourth-order valence-electron chi connectivity index (χ4n) is 1.98. The standard InChI is InChI=1S/C10H9Br2ClN2O3S/c11-8-2-7(3-14-10(8)12)15-4-6(1-9(15)16)5-19(13,17)18/h2-3,6H,1,4-5H2. The molecule has 5 nitrogen and oxygen atoms in total. The number of carbonyl (C=O) groups is 1. The van der Waals surface area contributed by atoms with Crippen molar-refractivity contribution in [3.63, 3.8) is 0 Å². The van der Waals surface area contributed by atoms with Crippen molar-refractivity contribution in [1.29, 1.82) is 0 Å². The summed E-state index contributed by atoms with van der Waals surface area (Å²) in [6.07, 6.45) is 1.74. The molecule has 1 saturated heterocycles. The summed E-state index contributed by atoms with van der Waals surface area (Å²) < 4.78 is 23.5. The fraction of sp³-hybridized carbons (Fsp3) is 0.400. The number of amides is 1. The molecule has 19 heavy (non-hydrogen) atoms. The highest BCUT2D eigenvalue weighted by atomic mass is 79.9. The van der Waals surface area contributed by atoms with Crippen LogP contribution in [0, 0.1) is 5.92 Å². The largest absolute Gasteiger partial charge is 0.311 e. The van der Waals surface area contributed by atoms with Crippen molar-refractivity contribution in [2.45, 2.75) is 6.42 Å². The van der Waals surface area contributed by atoms with Crippen LogP contribution in [0.4, 0.5) is 5.69 Å². The Bertz CT molecular complexity index is 623. The lowest BCUT2D eigenvalue weighted by atomic mass is 10.1. The van der Waals surface area contributed by atoms with E-state index < -0.39 is 9.05 Å². The first-order valence-corrected chi connectivity index (χ1v) is 9.36. The maximum Gasteiger partial charge on any atom is 0.232 e. The average Bonchev–Trinajstić information content (AvgIpc) is 2.61. The van der Waals surface area contributed by atoms with Gasteiger partial charge in [0.1, 0.15) is 4.60 Å². The molecule has 0 bridgehead atoms. The second-order valence-electron chi connectivity index (χ2n) is 4.25. The van der Waals surface area contributed by atoms with Crippen molar-refractivity contribution in [1.82, 2.24) is 4.98 Å². The Morgan fingerprint density at radius 3 is 2.74 bits per heavy atom. The lowest BCUT2D eigenvalue weighted by Gasteiger charge is -2.16. The Hall–Kier alpha value is -0.180. The van der Waals surface area contributed by atoms with Gasteiger partial charge in [-0.25, -0.2) is 13.4 Å². The topological polar surface area (TPSA) is 67.3 Å². The van der Waals surface area contributed by atoms with Crippen LogP contribution < -0.4 is 4.90 Å². The van der Waals surface area contributed by atoms with Gasteiger partial charge in [0.05, 0.1) is 22.1 Å². The van der Waals surface area contributed by atoms with Crippen LogP contribution in [0.5, 0.6) is 0 Å². The zero-order chi connectivity index (χ0) is 14.2. The summed E-state index contributed by atoms with van der Waals surface area (Å²) in [5.41, 5.74) is 0.634. The Morgan fingerprint density at radius 1 is 1.47 bits per heavy atom. The van der Waals surface area contributed by atoms with Gasteiger partial charge in [-0.3, -0.25) is 4.79 Å². The van der Waals surface area contributed by atoms with Gasteiger partial charge in [-0.15, -0.1) is 0 Å². The van der Waals surface area contributed by atoms with Crippen LogP contribution in [0.2, 0.25) is 0 Å². The van der Waals surface area contributed by atoms with Crippen LogP contribution in [-0.2, 0) is 13.8 Å². The Morgan fingerprint density at radius 2 is 2.16 bits per heavy atom. The maximum absolute atomic E-state index is 11.9. The van der Waals surface area contributed by atoms with Gasteiger partial charge in [0, 0.05) is 29.6 Å². The zero-order valence-corrected chi connectivity index (χ0v) is 14.3. The van der Waals surface area contributed by atoms with E-state index in [1.54, 1.807) is 12.3 Å². The molecule has 1 aromatic rings. The summed E-state index contributed by atoms with van der Waals surface area (Å²) in [5.74, 6) is -0.596. The van der Waals surface area contributed by atoms with Gasteiger partial charge in [-0.1, -0.05) is 0 Å². The van der Waals surface area contributed by atoms with Gasteiger partial charge >= 0.3 is 0 Å². The first-order valence-electron chi connectivity index (χ1n) is 5.30. The third-order valence-electron chi connectivity index (χ3n) is 2.73. The summed E-state index contributed by atoms with van der Waals surface area (Å²) in [5, 5.41) is 0. The smallest absolute Gasteiger partial charge is 0.232 e. The SMILES string of the molecule is O=C1CC(CS(=O)(=O)Cl)CN1c1cnc(Br)c(Br)c1. The van der Waals surface area contributed by atoms with Gasteiger partial charge in [0.15, 0.2) is 0 Å². The predicted molar refractivity (Wildman–Crippen MR) is 79.7 cm³/mol. The number of carbonyl (C=O) groups excluding carboxylic acids is 1. The molecule has 1 aliphatic rings. The quantitative estimate of drug-likeness (QED) is 0.544. The Labute approximate surface area is 132 Å². The molecule has 1 fully saturated rings. The van der Waals surface area contributed by atoms with Crippen LogP contribution in [0.3, 0.4) is 0 Å². The number of halogens is 3. The molecule has 1 atom stereocenters. The molecular weight excluding hydrogens is 423 g/mol. The highest BCUT2D eigenvalue weighted by Crippen LogP contribution is 2.30. The van der Waals surface area contributed by atoms with Gasteiger partial charge in [-0.05, 0) is 37.9 Å². The predicted octanol–water partition coefficient (Wildman–Crippen LogP) is 2.53. The van der Waals surface area contributed by atoms with E-state index in [9.17, 15) is 13.2 Å². The first kappa shape index (κ1) is 15.2. The molecule has 2 heterocycles. The van der Waals surface area contributed by atoms with Crippen molar-refractivity contribution in [3.8, 4) is 0 Å². The molecule has 0 N–H and O–H groups in total. The minimum absolute atomic E-state index is 0.124. The summed E-state index contributed by atoms with van der Waals surface area (Å²) in [4.78, 5) is 17.5. The summed E-state index contributed by atoms with van der Waals surface area (Å²) >= 11 is 6.56. The van der Waals surface area contributed by atoms with Crippen LogP contribution in [0.25, 0.3) is 0 Å². The molecule has 2 rings (SSSR count). The number of aromatic nitrogens is 1. The normalized spacial score (nSPS) is 20.1. The average molecular weight is 433 g/mol. The lowest BCUT2D eigenvalue weighted by Crippen LogP contribution is -2.25. The van der Waals surface area contributed by atoms with Crippen LogP contribution >= 0.6 is 42.5 Å². The number of rotatable bonds is 3. The molecule has 0 aliphatic carbocycles. The molecule has 1 aromatic heterocycles. The summed E-state index contributed by atoms with van der Waals surface area (Å²) in [6.45, 7) is 0.334. The van der Waals surface area contributed by atoms with E-state index in [1.165, 1.54) is 4.90 Å². The first-order chi connectivity index (χ1) is 8.76. The molecule has 9 heteroatoms. The van der Waals surface area contributed by atoms with E-state index in [4.69, 9.17) is 10.7 Å². The van der Waals surface area contributed by atoms with E-state index in [0.29, 0.717) is 16.8 Å². The molecule has 0 spiro atoms. The third-order valence-corrected chi connectivity index (χ3v) is 5.75. The van der Waals surface area contributed by atoms with Crippen molar-refractivity contribution < 1.29 is 13.2 Å².